The molecule has 0 aliphatic heterocycles. The number of aryl methyl sites for hydroxylation is 2. The van der Waals surface area contributed by atoms with E-state index in [1.807, 2.05) is 25.1 Å². The molecule has 1 aliphatic rings. The molecule has 0 saturated carbocycles. The van der Waals surface area contributed by atoms with Gasteiger partial charge in [0.15, 0.2) is 11.6 Å². The zero-order valence-electron chi connectivity index (χ0n) is 13.9. The van der Waals surface area contributed by atoms with Crippen molar-refractivity contribution in [2.45, 2.75) is 19.8 Å². The summed E-state index contributed by atoms with van der Waals surface area (Å²) < 4.78 is 0. The Kier molecular flexibility index (Phi) is 3.90. The third-order valence-electron chi connectivity index (χ3n) is 4.26. The molecule has 0 unspecified atom stereocenters. The zero-order chi connectivity index (χ0) is 17.2. The summed E-state index contributed by atoms with van der Waals surface area (Å²) in [6, 6.07) is 17.2. The smallest absolute Gasteiger partial charge is 0.165 e. The Balaban J connectivity index is 1.64. The van der Waals surface area contributed by atoms with E-state index >= 15 is 0 Å². The first-order valence-electron chi connectivity index (χ1n) is 8.25. The highest BCUT2D eigenvalue weighted by atomic mass is 16.3. The van der Waals surface area contributed by atoms with Gasteiger partial charge in [0, 0.05) is 17.3 Å². The SMILES string of the molecule is Cc1cc(N/N=C2/CCc3ccccc32)nc(-c2ccccc2O)n1. The van der Waals surface area contributed by atoms with Gasteiger partial charge in [-0.1, -0.05) is 36.4 Å². The van der Waals surface area contributed by atoms with E-state index in [-0.39, 0.29) is 5.75 Å². The zero-order valence-corrected chi connectivity index (χ0v) is 13.9. The van der Waals surface area contributed by atoms with Crippen molar-refractivity contribution >= 4 is 11.5 Å². The van der Waals surface area contributed by atoms with Crippen LogP contribution in [0.2, 0.25) is 0 Å². The van der Waals surface area contributed by atoms with E-state index in [9.17, 15) is 5.11 Å². The van der Waals surface area contributed by atoms with Crippen LogP contribution in [-0.4, -0.2) is 20.8 Å². The summed E-state index contributed by atoms with van der Waals surface area (Å²) in [5, 5.41) is 14.6. The molecule has 0 saturated heterocycles. The van der Waals surface area contributed by atoms with E-state index in [2.05, 4.69) is 38.7 Å². The van der Waals surface area contributed by atoms with Crippen molar-refractivity contribution < 1.29 is 5.11 Å². The van der Waals surface area contributed by atoms with Gasteiger partial charge in [0.25, 0.3) is 0 Å². The molecule has 0 radical (unpaired) electrons. The number of nitrogens with zero attached hydrogens (tertiary/aromatic N) is 3. The number of hydrogen-bond donors (Lipinski definition) is 2. The summed E-state index contributed by atoms with van der Waals surface area (Å²) >= 11 is 0. The number of hydrazone groups is 1. The van der Waals surface area contributed by atoms with E-state index in [4.69, 9.17) is 0 Å². The van der Waals surface area contributed by atoms with Crippen LogP contribution in [0.15, 0.2) is 59.7 Å². The second kappa shape index (κ2) is 6.36. The van der Waals surface area contributed by atoms with Crippen LogP contribution in [0.5, 0.6) is 5.75 Å². The number of rotatable bonds is 3. The first-order chi connectivity index (χ1) is 12.2. The molecular formula is C20H18N4O. The summed E-state index contributed by atoms with van der Waals surface area (Å²) in [5.41, 5.74) is 8.03. The lowest BCUT2D eigenvalue weighted by Gasteiger charge is -2.08. The second-order valence-electron chi connectivity index (χ2n) is 6.06. The van der Waals surface area contributed by atoms with Crippen LogP contribution in [0.25, 0.3) is 11.4 Å². The van der Waals surface area contributed by atoms with Gasteiger partial charge in [-0.05, 0) is 37.5 Å². The third kappa shape index (κ3) is 3.08. The largest absolute Gasteiger partial charge is 0.507 e. The van der Waals surface area contributed by atoms with Crippen LogP contribution in [0.4, 0.5) is 5.82 Å². The van der Waals surface area contributed by atoms with Crippen LogP contribution >= 0.6 is 0 Å². The fourth-order valence-corrected chi connectivity index (χ4v) is 3.06. The molecular weight excluding hydrogens is 312 g/mol. The molecule has 2 aromatic carbocycles. The Labute approximate surface area is 146 Å². The average molecular weight is 330 g/mol. The first-order valence-corrected chi connectivity index (χ1v) is 8.25. The molecule has 4 rings (SSSR count). The van der Waals surface area contributed by atoms with Crippen LogP contribution in [0.1, 0.15) is 23.2 Å². The Morgan fingerprint density at radius 3 is 2.56 bits per heavy atom. The Morgan fingerprint density at radius 1 is 0.960 bits per heavy atom. The van der Waals surface area contributed by atoms with E-state index in [1.54, 1.807) is 18.2 Å². The van der Waals surface area contributed by atoms with E-state index in [1.165, 1.54) is 11.1 Å². The number of aromatic nitrogens is 2. The van der Waals surface area contributed by atoms with Crippen molar-refractivity contribution in [1.82, 2.24) is 9.97 Å². The van der Waals surface area contributed by atoms with Crippen LogP contribution in [-0.2, 0) is 6.42 Å². The number of benzene rings is 2. The molecule has 5 heteroatoms. The predicted octanol–water partition coefficient (Wildman–Crippen LogP) is 3.92. The standard InChI is InChI=1S/C20H18N4O/c1-13-12-19(22-20(21-13)16-8-4-5-9-18(16)25)24-23-17-11-10-14-6-2-3-7-15(14)17/h2-9,12,25H,10-11H2,1H3,(H,21,22,24)/b23-17-. The molecule has 2 N–H and O–H groups in total. The average Bonchev–Trinajstić information content (AvgIpc) is 3.03. The highest BCUT2D eigenvalue weighted by molar-refractivity contribution is 6.04. The maximum atomic E-state index is 10.0. The molecule has 5 nitrogen and oxygen atoms in total. The monoisotopic (exact) mass is 330 g/mol. The number of fused-ring (bicyclic) bond motifs is 1. The minimum Gasteiger partial charge on any atom is -0.507 e. The number of phenolic OH excluding ortho intramolecular Hbond substituents is 1. The molecule has 3 aromatic rings. The summed E-state index contributed by atoms with van der Waals surface area (Å²) in [6.45, 7) is 1.90. The Bertz CT molecular complexity index is 965. The number of anilines is 1. The van der Waals surface area contributed by atoms with Gasteiger partial charge in [-0.3, -0.25) is 5.43 Å². The predicted molar refractivity (Wildman–Crippen MR) is 98.8 cm³/mol. The van der Waals surface area contributed by atoms with E-state index in [0.717, 1.165) is 24.2 Å². The molecule has 25 heavy (non-hydrogen) atoms. The minimum atomic E-state index is 0.162. The number of hydrogen-bond acceptors (Lipinski definition) is 5. The molecule has 1 aromatic heterocycles. The van der Waals surface area contributed by atoms with Crippen molar-refractivity contribution in [2.24, 2.45) is 5.10 Å². The lowest BCUT2D eigenvalue weighted by atomic mass is 10.1. The summed E-state index contributed by atoms with van der Waals surface area (Å²) in [5.74, 6) is 1.25. The first kappa shape index (κ1) is 15.3. The quantitative estimate of drug-likeness (QED) is 0.714. The topological polar surface area (TPSA) is 70.4 Å². The van der Waals surface area contributed by atoms with Gasteiger partial charge >= 0.3 is 0 Å². The summed E-state index contributed by atoms with van der Waals surface area (Å²) in [6.07, 6.45) is 1.94. The molecule has 0 spiro atoms. The van der Waals surface area contributed by atoms with Gasteiger partial charge in [0.05, 0.1) is 11.3 Å². The van der Waals surface area contributed by atoms with Crippen LogP contribution in [0, 0.1) is 6.92 Å². The maximum Gasteiger partial charge on any atom is 0.165 e. The lowest BCUT2D eigenvalue weighted by molar-refractivity contribution is 0.477. The van der Waals surface area contributed by atoms with E-state index < -0.39 is 0 Å². The van der Waals surface area contributed by atoms with Crippen LogP contribution in [0.3, 0.4) is 0 Å². The highest BCUT2D eigenvalue weighted by Crippen LogP contribution is 2.27. The fraction of sp³-hybridized carbons (Fsp3) is 0.150. The van der Waals surface area contributed by atoms with Crippen molar-refractivity contribution in [2.75, 3.05) is 5.43 Å². The lowest BCUT2D eigenvalue weighted by Crippen LogP contribution is -2.03. The molecule has 1 heterocycles. The van der Waals surface area contributed by atoms with Gasteiger partial charge < -0.3 is 5.11 Å². The van der Waals surface area contributed by atoms with Crippen molar-refractivity contribution in [3.63, 3.8) is 0 Å². The number of para-hydroxylation sites is 1. The summed E-state index contributed by atoms with van der Waals surface area (Å²) in [7, 11) is 0. The maximum absolute atomic E-state index is 10.0. The number of phenols is 1. The number of nitrogens with one attached hydrogen (secondary N) is 1. The third-order valence-corrected chi connectivity index (χ3v) is 4.26. The summed E-state index contributed by atoms with van der Waals surface area (Å²) in [4.78, 5) is 8.91. The Morgan fingerprint density at radius 2 is 1.72 bits per heavy atom. The molecule has 124 valence electrons. The molecule has 0 bridgehead atoms. The number of aromatic hydroxyl groups is 1. The molecule has 0 fully saturated rings. The van der Waals surface area contributed by atoms with Crippen LogP contribution < -0.4 is 5.43 Å². The normalized spacial score (nSPS) is 14.5. The highest BCUT2D eigenvalue weighted by Gasteiger charge is 2.17. The van der Waals surface area contributed by atoms with Gasteiger partial charge in [0.1, 0.15) is 5.75 Å². The van der Waals surface area contributed by atoms with Crippen molar-refractivity contribution in [3.05, 3.63) is 71.4 Å². The molecule has 0 atom stereocenters. The van der Waals surface area contributed by atoms with Gasteiger partial charge in [-0.2, -0.15) is 5.10 Å². The molecule has 0 amide bonds. The molecule has 1 aliphatic carbocycles. The van der Waals surface area contributed by atoms with Crippen molar-refractivity contribution in [3.8, 4) is 17.1 Å². The Hall–Kier alpha value is -3.21. The van der Waals surface area contributed by atoms with Crippen molar-refractivity contribution in [1.29, 1.82) is 0 Å². The fourth-order valence-electron chi connectivity index (χ4n) is 3.06. The van der Waals surface area contributed by atoms with Gasteiger partial charge in [-0.15, -0.1) is 0 Å². The second-order valence-corrected chi connectivity index (χ2v) is 6.06. The van der Waals surface area contributed by atoms with E-state index in [0.29, 0.717) is 17.2 Å². The van der Waals surface area contributed by atoms with Gasteiger partial charge in [0.2, 0.25) is 0 Å². The minimum absolute atomic E-state index is 0.162. The van der Waals surface area contributed by atoms with Gasteiger partial charge in [-0.25, -0.2) is 9.97 Å².